The molecule has 2 atom stereocenters. The highest BCUT2D eigenvalue weighted by Gasteiger charge is 2.21. The Kier molecular flexibility index (Phi) is 5.25. The minimum Gasteiger partial charge on any atom is -0.376 e. The summed E-state index contributed by atoms with van der Waals surface area (Å²) in [5.41, 5.74) is 0.205. The smallest absolute Gasteiger partial charge is 0.287 e. The van der Waals surface area contributed by atoms with E-state index in [0.29, 0.717) is 30.0 Å². The summed E-state index contributed by atoms with van der Waals surface area (Å²) in [6, 6.07) is 6.95. The van der Waals surface area contributed by atoms with Crippen LogP contribution in [0.2, 0.25) is 0 Å². The molecular weight excluding hydrogens is 306 g/mol. The molecule has 6 nitrogen and oxygen atoms in total. The Hall–Kier alpha value is -2.21. The van der Waals surface area contributed by atoms with Gasteiger partial charge < -0.3 is 15.0 Å². The van der Waals surface area contributed by atoms with Crippen LogP contribution < -0.4 is 10.9 Å². The van der Waals surface area contributed by atoms with Crippen LogP contribution in [0.3, 0.4) is 0 Å². The summed E-state index contributed by atoms with van der Waals surface area (Å²) >= 11 is 0. The fraction of sp³-hybridized carbons (Fsp3) is 0.500. The van der Waals surface area contributed by atoms with E-state index in [1.54, 1.807) is 24.3 Å². The van der Waals surface area contributed by atoms with E-state index in [9.17, 15) is 9.59 Å². The number of nitrogens with one attached hydrogen (secondary N) is 2. The Morgan fingerprint density at radius 3 is 2.96 bits per heavy atom. The monoisotopic (exact) mass is 329 g/mol. The summed E-state index contributed by atoms with van der Waals surface area (Å²) in [6.45, 7) is 3.09. The first-order valence-corrected chi connectivity index (χ1v) is 8.54. The Balaban J connectivity index is 1.54. The standard InChI is InChI=1S/C18H23N3O3/c1-12-6-2-5-9-15(12)24-11-10-19-18(23)16-20-14-8-4-3-7-13(14)17(22)21-16/h3-4,7-8,12,15H,2,5-6,9-11H2,1H3,(H,19,23)(H,20,21,22)/t12-,15-/m1/s1. The van der Waals surface area contributed by atoms with E-state index in [4.69, 9.17) is 4.74 Å². The van der Waals surface area contributed by atoms with Crippen molar-refractivity contribution in [3.8, 4) is 0 Å². The maximum absolute atomic E-state index is 12.2. The normalized spacial score (nSPS) is 20.9. The van der Waals surface area contributed by atoms with Crippen molar-refractivity contribution < 1.29 is 9.53 Å². The van der Waals surface area contributed by atoms with Gasteiger partial charge in [0.25, 0.3) is 11.5 Å². The van der Waals surface area contributed by atoms with Gasteiger partial charge >= 0.3 is 0 Å². The topological polar surface area (TPSA) is 84.1 Å². The van der Waals surface area contributed by atoms with Gasteiger partial charge in [-0.3, -0.25) is 9.59 Å². The summed E-state index contributed by atoms with van der Waals surface area (Å²) in [4.78, 5) is 30.9. The number of H-pyrrole nitrogens is 1. The second kappa shape index (κ2) is 7.57. The highest BCUT2D eigenvalue weighted by Crippen LogP contribution is 2.25. The number of nitrogens with zero attached hydrogens (tertiary/aromatic N) is 1. The average Bonchev–Trinajstić information content (AvgIpc) is 2.60. The zero-order valence-electron chi connectivity index (χ0n) is 13.9. The molecule has 1 aliphatic carbocycles. The van der Waals surface area contributed by atoms with Crippen molar-refractivity contribution in [2.24, 2.45) is 5.92 Å². The van der Waals surface area contributed by atoms with Crippen molar-refractivity contribution in [2.75, 3.05) is 13.2 Å². The first kappa shape index (κ1) is 16.6. The van der Waals surface area contributed by atoms with Gasteiger partial charge in [0.1, 0.15) is 0 Å². The molecular formula is C18H23N3O3. The Morgan fingerprint density at radius 1 is 1.33 bits per heavy atom. The van der Waals surface area contributed by atoms with E-state index in [2.05, 4.69) is 22.2 Å². The Bertz CT molecular complexity index is 771. The van der Waals surface area contributed by atoms with Gasteiger partial charge in [0.2, 0.25) is 0 Å². The molecule has 0 spiro atoms. The van der Waals surface area contributed by atoms with Crippen LogP contribution in [-0.2, 0) is 4.74 Å². The van der Waals surface area contributed by atoms with E-state index in [0.717, 1.165) is 6.42 Å². The lowest BCUT2D eigenvalue weighted by atomic mass is 9.88. The third kappa shape index (κ3) is 3.82. The van der Waals surface area contributed by atoms with Crippen molar-refractivity contribution >= 4 is 16.8 Å². The van der Waals surface area contributed by atoms with Gasteiger partial charge in [-0.05, 0) is 30.9 Å². The number of benzene rings is 1. The van der Waals surface area contributed by atoms with E-state index in [-0.39, 0.29) is 17.5 Å². The van der Waals surface area contributed by atoms with Crippen molar-refractivity contribution in [1.29, 1.82) is 0 Å². The number of amides is 1. The molecule has 0 saturated heterocycles. The number of aromatic nitrogens is 2. The van der Waals surface area contributed by atoms with Crippen molar-refractivity contribution in [2.45, 2.75) is 38.7 Å². The number of para-hydroxylation sites is 1. The minimum absolute atomic E-state index is 0.0322. The highest BCUT2D eigenvalue weighted by molar-refractivity contribution is 5.92. The van der Waals surface area contributed by atoms with Gasteiger partial charge in [-0.1, -0.05) is 31.9 Å². The molecule has 0 aliphatic heterocycles. The van der Waals surface area contributed by atoms with Gasteiger partial charge in [0.05, 0.1) is 23.6 Å². The Labute approximate surface area is 140 Å². The molecule has 0 bridgehead atoms. The maximum atomic E-state index is 12.2. The number of hydrogen-bond acceptors (Lipinski definition) is 4. The first-order valence-electron chi connectivity index (χ1n) is 8.54. The lowest BCUT2D eigenvalue weighted by Crippen LogP contribution is -2.33. The van der Waals surface area contributed by atoms with Gasteiger partial charge in [-0.25, -0.2) is 4.98 Å². The van der Waals surface area contributed by atoms with Crippen LogP contribution in [0.15, 0.2) is 29.1 Å². The van der Waals surface area contributed by atoms with Crippen LogP contribution in [0.5, 0.6) is 0 Å². The van der Waals surface area contributed by atoms with Crippen LogP contribution in [0.25, 0.3) is 10.9 Å². The zero-order chi connectivity index (χ0) is 16.9. The second-order valence-electron chi connectivity index (χ2n) is 6.36. The molecule has 0 radical (unpaired) electrons. The van der Waals surface area contributed by atoms with Gasteiger partial charge in [-0.2, -0.15) is 0 Å². The van der Waals surface area contributed by atoms with Crippen molar-refractivity contribution in [3.63, 3.8) is 0 Å². The summed E-state index contributed by atoms with van der Waals surface area (Å²) in [6.07, 6.45) is 5.07. The molecule has 1 saturated carbocycles. The summed E-state index contributed by atoms with van der Waals surface area (Å²) < 4.78 is 5.87. The maximum Gasteiger partial charge on any atom is 0.287 e. The molecule has 1 aliphatic rings. The molecule has 2 aromatic rings. The second-order valence-corrected chi connectivity index (χ2v) is 6.36. The van der Waals surface area contributed by atoms with Crippen LogP contribution in [0, 0.1) is 5.92 Å². The SMILES string of the molecule is C[C@@H]1CCCC[C@H]1OCCNC(=O)c1nc2ccccc2c(=O)[nH]1. The quantitative estimate of drug-likeness (QED) is 0.824. The van der Waals surface area contributed by atoms with Crippen LogP contribution in [-0.4, -0.2) is 35.1 Å². The largest absolute Gasteiger partial charge is 0.376 e. The summed E-state index contributed by atoms with van der Waals surface area (Å²) in [5.74, 6) is 0.218. The predicted molar refractivity (Wildman–Crippen MR) is 92.1 cm³/mol. The number of ether oxygens (including phenoxy) is 1. The summed E-state index contributed by atoms with van der Waals surface area (Å²) in [7, 11) is 0. The van der Waals surface area contributed by atoms with Crippen molar-refractivity contribution in [1.82, 2.24) is 15.3 Å². The molecule has 1 aromatic heterocycles. The number of carbonyl (C=O) groups is 1. The number of carbonyl (C=O) groups excluding carboxylic acids is 1. The Morgan fingerprint density at radius 2 is 2.12 bits per heavy atom. The van der Waals surface area contributed by atoms with E-state index >= 15 is 0 Å². The first-order chi connectivity index (χ1) is 11.6. The third-order valence-electron chi connectivity index (χ3n) is 4.58. The minimum atomic E-state index is -0.391. The lowest BCUT2D eigenvalue weighted by molar-refractivity contribution is -0.00296. The molecule has 1 fully saturated rings. The van der Waals surface area contributed by atoms with Gasteiger partial charge in [0, 0.05) is 6.54 Å². The molecule has 1 aromatic carbocycles. The predicted octanol–water partition coefficient (Wildman–Crippen LogP) is 2.25. The van der Waals surface area contributed by atoms with Gasteiger partial charge in [0.15, 0.2) is 5.82 Å². The van der Waals surface area contributed by atoms with Crippen LogP contribution in [0.4, 0.5) is 0 Å². The molecule has 2 N–H and O–H groups in total. The number of fused-ring (bicyclic) bond motifs is 1. The van der Waals surface area contributed by atoms with E-state index < -0.39 is 5.91 Å². The molecule has 6 heteroatoms. The number of hydrogen-bond donors (Lipinski definition) is 2. The fourth-order valence-electron chi connectivity index (χ4n) is 3.18. The molecule has 3 rings (SSSR count). The van der Waals surface area contributed by atoms with Crippen LogP contribution in [0.1, 0.15) is 43.2 Å². The third-order valence-corrected chi connectivity index (χ3v) is 4.58. The van der Waals surface area contributed by atoms with Crippen LogP contribution >= 0.6 is 0 Å². The van der Waals surface area contributed by atoms with Gasteiger partial charge in [-0.15, -0.1) is 0 Å². The average molecular weight is 329 g/mol. The number of aromatic amines is 1. The summed E-state index contributed by atoms with van der Waals surface area (Å²) in [5, 5.41) is 3.22. The highest BCUT2D eigenvalue weighted by atomic mass is 16.5. The van der Waals surface area contributed by atoms with E-state index in [1.165, 1.54) is 19.3 Å². The van der Waals surface area contributed by atoms with E-state index in [1.807, 2.05) is 0 Å². The number of rotatable bonds is 5. The molecule has 24 heavy (non-hydrogen) atoms. The lowest BCUT2D eigenvalue weighted by Gasteiger charge is -2.28. The van der Waals surface area contributed by atoms with Crippen molar-refractivity contribution in [3.05, 3.63) is 40.4 Å². The fourth-order valence-corrected chi connectivity index (χ4v) is 3.18. The zero-order valence-corrected chi connectivity index (χ0v) is 13.9. The molecule has 0 unspecified atom stereocenters. The molecule has 128 valence electrons. The molecule has 1 amide bonds. The molecule has 1 heterocycles.